The summed E-state index contributed by atoms with van der Waals surface area (Å²) < 4.78 is 15.7. The minimum absolute atomic E-state index is 0.0213. The van der Waals surface area contributed by atoms with Crippen molar-refractivity contribution in [3.05, 3.63) is 58.5 Å². The maximum absolute atomic E-state index is 14.1. The smallest absolute Gasteiger partial charge is 0.245 e. The Labute approximate surface area is 223 Å². The molecule has 2 saturated carbocycles. The van der Waals surface area contributed by atoms with E-state index in [4.69, 9.17) is 11.6 Å². The van der Waals surface area contributed by atoms with Crippen molar-refractivity contribution >= 4 is 45.9 Å². The summed E-state index contributed by atoms with van der Waals surface area (Å²) in [6, 6.07) is 9.80. The van der Waals surface area contributed by atoms with Gasteiger partial charge in [-0.05, 0) is 56.9 Å². The minimum Gasteiger partial charge on any atom is -0.387 e. The maximum Gasteiger partial charge on any atom is 0.245 e. The second-order valence-corrected chi connectivity index (χ2v) is 10.4. The number of aromatic nitrogens is 2. The molecule has 3 amide bonds. The van der Waals surface area contributed by atoms with Gasteiger partial charge in [0, 0.05) is 35.1 Å². The van der Waals surface area contributed by atoms with E-state index in [-0.39, 0.29) is 54.0 Å². The average Bonchev–Trinajstić information content (AvgIpc) is 3.80. The van der Waals surface area contributed by atoms with E-state index in [1.54, 1.807) is 31.2 Å². The molecule has 1 unspecified atom stereocenters. The lowest BCUT2D eigenvalue weighted by Crippen LogP contribution is -2.43. The number of hydrogen-bond donors (Lipinski definition) is 3. The van der Waals surface area contributed by atoms with E-state index in [2.05, 4.69) is 15.7 Å². The Morgan fingerprint density at radius 2 is 1.97 bits per heavy atom. The van der Waals surface area contributed by atoms with Gasteiger partial charge in [0.1, 0.15) is 12.4 Å². The first-order valence-corrected chi connectivity index (χ1v) is 13.1. The lowest BCUT2D eigenvalue weighted by Gasteiger charge is -2.22. The second-order valence-electron chi connectivity index (χ2n) is 9.96. The van der Waals surface area contributed by atoms with Gasteiger partial charge in [-0.2, -0.15) is 5.10 Å². The number of nitrogens with zero attached hydrogens (tertiary/aromatic N) is 3. The van der Waals surface area contributed by atoms with Crippen LogP contribution in [0.2, 0.25) is 5.02 Å². The molecule has 38 heavy (non-hydrogen) atoms. The standard InChI is InChI=1S/C27H29ClFN5O4/c1-15(35)26-20-11-18(31-27(38)16-5-6-16)7-10-22(20)34(32-26)14-24(37)33(19-8-9-19)13-23(36)30-12-17-3-2-4-21(28)25(17)29/h2-4,7,10-11,15-16,19,35H,5-6,8-9,12-14H2,1H3,(H,30,36)(H,31,38). The van der Waals surface area contributed by atoms with Crippen molar-refractivity contribution < 1.29 is 23.9 Å². The molecule has 1 aromatic heterocycles. The lowest BCUT2D eigenvalue weighted by atomic mass is 10.1. The van der Waals surface area contributed by atoms with Crippen LogP contribution < -0.4 is 10.6 Å². The molecule has 2 aliphatic rings. The zero-order valence-corrected chi connectivity index (χ0v) is 21.7. The molecule has 0 radical (unpaired) electrons. The molecule has 0 aliphatic heterocycles. The van der Waals surface area contributed by atoms with E-state index in [1.165, 1.54) is 21.7 Å². The third-order valence-electron chi connectivity index (χ3n) is 6.80. The summed E-state index contributed by atoms with van der Waals surface area (Å²) in [7, 11) is 0. The third-order valence-corrected chi connectivity index (χ3v) is 7.10. The van der Waals surface area contributed by atoms with Gasteiger partial charge < -0.3 is 20.6 Å². The van der Waals surface area contributed by atoms with Gasteiger partial charge in [0.25, 0.3) is 0 Å². The van der Waals surface area contributed by atoms with Crippen LogP contribution in [0.1, 0.15) is 50.0 Å². The van der Waals surface area contributed by atoms with E-state index in [9.17, 15) is 23.9 Å². The van der Waals surface area contributed by atoms with Gasteiger partial charge in [-0.1, -0.05) is 23.7 Å². The first-order chi connectivity index (χ1) is 18.2. The summed E-state index contributed by atoms with van der Waals surface area (Å²) in [5.41, 5.74) is 1.90. The average molecular weight is 542 g/mol. The SMILES string of the molecule is CC(O)c1nn(CC(=O)N(CC(=O)NCc2cccc(Cl)c2F)C2CC2)c2ccc(NC(=O)C3CC3)cc12. The van der Waals surface area contributed by atoms with Crippen molar-refractivity contribution in [1.29, 1.82) is 0 Å². The summed E-state index contributed by atoms with van der Waals surface area (Å²) in [4.78, 5) is 39.7. The topological polar surface area (TPSA) is 117 Å². The van der Waals surface area contributed by atoms with Crippen LogP contribution in [-0.4, -0.2) is 50.1 Å². The van der Waals surface area contributed by atoms with Gasteiger partial charge >= 0.3 is 0 Å². The lowest BCUT2D eigenvalue weighted by molar-refractivity contribution is -0.137. The number of nitrogens with one attached hydrogen (secondary N) is 2. The molecule has 0 spiro atoms. The fourth-order valence-corrected chi connectivity index (χ4v) is 4.61. The van der Waals surface area contributed by atoms with Gasteiger partial charge in [0.2, 0.25) is 17.7 Å². The molecule has 3 N–H and O–H groups in total. The predicted molar refractivity (Wildman–Crippen MR) is 140 cm³/mol. The summed E-state index contributed by atoms with van der Waals surface area (Å²) in [5.74, 6) is -1.25. The fourth-order valence-electron chi connectivity index (χ4n) is 4.42. The van der Waals surface area contributed by atoms with Gasteiger partial charge in [0.15, 0.2) is 0 Å². The van der Waals surface area contributed by atoms with E-state index >= 15 is 0 Å². The molecule has 200 valence electrons. The zero-order chi connectivity index (χ0) is 27.0. The number of fused-ring (bicyclic) bond motifs is 1. The molecule has 1 heterocycles. The fraction of sp³-hybridized carbons (Fsp3) is 0.407. The molecular formula is C27H29ClFN5O4. The Morgan fingerprint density at radius 3 is 2.66 bits per heavy atom. The van der Waals surface area contributed by atoms with E-state index < -0.39 is 17.8 Å². The number of benzene rings is 2. The predicted octanol–water partition coefficient (Wildman–Crippen LogP) is 3.54. The molecule has 0 saturated heterocycles. The van der Waals surface area contributed by atoms with Crippen LogP contribution in [0.3, 0.4) is 0 Å². The number of aliphatic hydroxyl groups is 1. The van der Waals surface area contributed by atoms with Crippen molar-refractivity contribution in [2.24, 2.45) is 5.92 Å². The molecule has 5 rings (SSSR count). The Morgan fingerprint density at radius 1 is 1.21 bits per heavy atom. The van der Waals surface area contributed by atoms with Crippen LogP contribution in [0.5, 0.6) is 0 Å². The largest absolute Gasteiger partial charge is 0.387 e. The van der Waals surface area contributed by atoms with Crippen LogP contribution in [0.25, 0.3) is 10.9 Å². The number of amides is 3. The number of anilines is 1. The normalized spacial score (nSPS) is 15.8. The quantitative estimate of drug-likeness (QED) is 0.363. The summed E-state index contributed by atoms with van der Waals surface area (Å²) in [6.07, 6.45) is 2.48. The molecule has 11 heteroatoms. The maximum atomic E-state index is 14.1. The molecule has 0 bridgehead atoms. The van der Waals surface area contributed by atoms with Gasteiger partial charge in [-0.25, -0.2) is 4.39 Å². The Balaban J connectivity index is 1.29. The summed E-state index contributed by atoms with van der Waals surface area (Å²) in [6.45, 7) is 1.27. The highest BCUT2D eigenvalue weighted by Crippen LogP contribution is 2.32. The zero-order valence-electron chi connectivity index (χ0n) is 20.9. The van der Waals surface area contributed by atoms with Crippen molar-refractivity contribution in [2.45, 2.75) is 57.8 Å². The molecule has 2 aromatic carbocycles. The third kappa shape index (κ3) is 5.81. The van der Waals surface area contributed by atoms with Crippen molar-refractivity contribution in [2.75, 3.05) is 11.9 Å². The number of aliphatic hydroxyl groups excluding tert-OH is 1. The monoisotopic (exact) mass is 541 g/mol. The molecular weight excluding hydrogens is 513 g/mol. The molecule has 9 nitrogen and oxygen atoms in total. The van der Waals surface area contributed by atoms with Gasteiger partial charge in [-0.3, -0.25) is 19.1 Å². The molecule has 2 aliphatic carbocycles. The van der Waals surface area contributed by atoms with Gasteiger partial charge in [0.05, 0.1) is 28.9 Å². The van der Waals surface area contributed by atoms with E-state index in [0.717, 1.165) is 25.7 Å². The summed E-state index contributed by atoms with van der Waals surface area (Å²) >= 11 is 5.81. The van der Waals surface area contributed by atoms with Crippen molar-refractivity contribution in [3.8, 4) is 0 Å². The Kier molecular flexibility index (Phi) is 7.36. The molecule has 3 aromatic rings. The van der Waals surface area contributed by atoms with Crippen molar-refractivity contribution in [1.82, 2.24) is 20.0 Å². The number of rotatable bonds is 10. The van der Waals surface area contributed by atoms with Crippen LogP contribution in [0, 0.1) is 11.7 Å². The Hall–Kier alpha value is -3.50. The van der Waals surface area contributed by atoms with Crippen molar-refractivity contribution in [3.63, 3.8) is 0 Å². The number of hydrogen-bond acceptors (Lipinski definition) is 5. The highest BCUT2D eigenvalue weighted by Gasteiger charge is 2.34. The highest BCUT2D eigenvalue weighted by molar-refractivity contribution is 6.30. The molecule has 2 fully saturated rings. The summed E-state index contributed by atoms with van der Waals surface area (Å²) in [5, 5.41) is 21.0. The van der Waals surface area contributed by atoms with E-state index in [0.29, 0.717) is 22.3 Å². The Bertz CT molecular complexity index is 1400. The number of carbonyl (C=O) groups is 3. The van der Waals surface area contributed by atoms with Gasteiger partial charge in [-0.15, -0.1) is 0 Å². The van der Waals surface area contributed by atoms with Crippen LogP contribution in [0.4, 0.5) is 10.1 Å². The van der Waals surface area contributed by atoms with E-state index in [1.807, 2.05) is 0 Å². The molecule has 1 atom stereocenters. The van der Waals surface area contributed by atoms with Crippen LogP contribution >= 0.6 is 11.6 Å². The highest BCUT2D eigenvalue weighted by atomic mass is 35.5. The number of carbonyl (C=O) groups excluding carboxylic acids is 3. The number of halogens is 2. The first kappa shape index (κ1) is 26.1. The second kappa shape index (κ2) is 10.7. The van der Waals surface area contributed by atoms with Crippen LogP contribution in [-0.2, 0) is 27.5 Å². The first-order valence-electron chi connectivity index (χ1n) is 12.7. The minimum atomic E-state index is -0.888. The van der Waals surface area contributed by atoms with Crippen LogP contribution in [0.15, 0.2) is 36.4 Å².